The third-order valence-corrected chi connectivity index (χ3v) is 14.8. The van der Waals surface area contributed by atoms with Crippen LogP contribution in [-0.4, -0.2) is 123 Å². The summed E-state index contributed by atoms with van der Waals surface area (Å²) in [5, 5.41) is 6.31. The molecule has 14 nitrogen and oxygen atoms in total. The normalized spacial score (nSPS) is 20.9. The summed E-state index contributed by atoms with van der Waals surface area (Å²) < 4.78 is 14.8. The van der Waals surface area contributed by atoms with E-state index in [1.807, 2.05) is 77.4 Å². The van der Waals surface area contributed by atoms with Gasteiger partial charge in [-0.05, 0) is 142 Å². The first kappa shape index (κ1) is 45.2. The molecule has 3 saturated heterocycles. The highest BCUT2D eigenvalue weighted by Gasteiger charge is 2.35. The van der Waals surface area contributed by atoms with Crippen molar-refractivity contribution in [2.24, 2.45) is 5.92 Å². The number of amides is 2. The van der Waals surface area contributed by atoms with Gasteiger partial charge in [0.05, 0.1) is 34.3 Å². The monoisotopic (exact) mass is 917 g/mol. The Kier molecular flexibility index (Phi) is 13.0. The molecule has 352 valence electrons. The smallest absolute Gasteiger partial charge is 0.339 e. The lowest BCUT2D eigenvalue weighted by molar-refractivity contribution is -0.143. The Morgan fingerprint density at radius 1 is 0.662 bits per heavy atom. The van der Waals surface area contributed by atoms with Crippen molar-refractivity contribution in [3.8, 4) is 0 Å². The Morgan fingerprint density at radius 3 is 1.99 bits per heavy atom. The molecule has 0 radical (unpaired) electrons. The summed E-state index contributed by atoms with van der Waals surface area (Å²) in [6, 6.07) is 28.6. The van der Waals surface area contributed by atoms with Gasteiger partial charge in [0.25, 0.3) is 5.56 Å². The second-order valence-electron chi connectivity index (χ2n) is 19.2. The Bertz CT molecular complexity index is 2900. The molecule has 2 amide bonds. The largest absolute Gasteiger partial charge is 0.440 e. The number of esters is 2. The van der Waals surface area contributed by atoms with Crippen molar-refractivity contribution in [1.29, 1.82) is 0 Å². The average Bonchev–Trinajstić information content (AvgIpc) is 3.78. The van der Waals surface area contributed by atoms with E-state index >= 15 is 0 Å². The van der Waals surface area contributed by atoms with Gasteiger partial charge < -0.3 is 24.2 Å². The Hall–Kier alpha value is -6.64. The van der Waals surface area contributed by atoms with Crippen LogP contribution in [-0.2, 0) is 45.4 Å². The number of carbonyl (C=O) groups excluding carboxylic acids is 4. The number of pyridine rings is 1. The van der Waals surface area contributed by atoms with Crippen molar-refractivity contribution in [3.63, 3.8) is 0 Å². The molecule has 68 heavy (non-hydrogen) atoms. The fourth-order valence-electron chi connectivity index (χ4n) is 10.9. The molecule has 12 bridgehead atoms. The van der Waals surface area contributed by atoms with Crippen molar-refractivity contribution in [3.05, 3.63) is 146 Å². The quantitative estimate of drug-likeness (QED) is 0.180. The first-order chi connectivity index (χ1) is 33.0. The van der Waals surface area contributed by atoms with Gasteiger partial charge in [-0.2, -0.15) is 5.10 Å². The lowest BCUT2D eigenvalue weighted by Gasteiger charge is -2.43. The Labute approximate surface area is 396 Å². The summed E-state index contributed by atoms with van der Waals surface area (Å²) in [5.74, 6) is -1.77. The number of hydrogen-bond donors (Lipinski definition) is 0. The lowest BCUT2D eigenvalue weighted by Crippen LogP contribution is -2.55. The molecule has 9 aliphatic rings. The standard InChI is InChI=1S/C54H59N7O7/c1-36-27-39-29-44(51(63)59-25-23-57(24-26-59)46-17-19-56(2)20-18-46)32-49(62)58-21-15-40(16-22-58)47-31-43-5-3-4-6-48(43)60(52(47)64)34-67-53(65)41-11-7-37(8-12-41)28-38-9-13-42(14-10-38)54(66)68-35-61-50(36)45(30-39)33-55-61/h3-14,27,30-31,33,40,44,46H,15-26,28-29,32,34-35H2,1-2H3/t44-/m0/s1. The fourth-order valence-corrected chi connectivity index (χ4v) is 10.9. The molecule has 14 heteroatoms. The number of piperazine rings is 1. The van der Waals surface area contributed by atoms with Crippen molar-refractivity contribution in [1.82, 2.24) is 33.9 Å². The highest BCUT2D eigenvalue weighted by atomic mass is 16.5. The number of hydrogen-bond acceptors (Lipinski definition) is 10. The number of aryl methyl sites for hydroxylation is 1. The van der Waals surface area contributed by atoms with Crippen LogP contribution >= 0.6 is 0 Å². The van der Waals surface area contributed by atoms with Gasteiger partial charge in [-0.3, -0.25) is 23.9 Å². The summed E-state index contributed by atoms with van der Waals surface area (Å²) in [5.41, 5.74) is 6.50. The Balaban J connectivity index is 0.932. The summed E-state index contributed by atoms with van der Waals surface area (Å²) >= 11 is 0. The highest BCUT2D eigenvalue weighted by molar-refractivity contribution is 5.90. The number of piperidine rings is 2. The number of benzene rings is 4. The first-order valence-corrected chi connectivity index (χ1v) is 24.1. The minimum Gasteiger partial charge on any atom is -0.440 e. The van der Waals surface area contributed by atoms with E-state index in [9.17, 15) is 24.0 Å². The molecule has 1 atom stereocenters. The van der Waals surface area contributed by atoms with Crippen LogP contribution < -0.4 is 5.56 Å². The molecule has 11 heterocycles. The van der Waals surface area contributed by atoms with Gasteiger partial charge >= 0.3 is 11.9 Å². The van der Waals surface area contributed by atoms with E-state index in [2.05, 4.69) is 28.0 Å². The maximum absolute atomic E-state index is 14.7. The average molecular weight is 918 g/mol. The van der Waals surface area contributed by atoms with Crippen LogP contribution in [0.4, 0.5) is 0 Å². The molecule has 0 saturated carbocycles. The number of rotatable bonds is 2. The SMILES string of the molecule is Cc1cc2cc3cnn(c13)COC(=O)c1ccc(cc1)Cc1ccc(cc1)C(=O)OCn1c(=O)c(cc3ccccc31)C1CCN(CC1)C(=O)C[C@@H](C(=O)N1CCN(C3CCN(C)CC3)CC1)C2. The van der Waals surface area contributed by atoms with E-state index in [1.54, 1.807) is 35.1 Å². The fraction of sp³-hybridized carbons (Fsp3) is 0.407. The van der Waals surface area contributed by atoms with Crippen molar-refractivity contribution in [2.75, 3.05) is 59.4 Å². The number of nitrogens with zero attached hydrogens (tertiary/aromatic N) is 7. The van der Waals surface area contributed by atoms with E-state index in [-0.39, 0.29) is 43.2 Å². The zero-order valence-electron chi connectivity index (χ0n) is 39.0. The molecule has 2 aromatic heterocycles. The van der Waals surface area contributed by atoms with Crippen molar-refractivity contribution in [2.45, 2.75) is 77.3 Å². The second-order valence-corrected chi connectivity index (χ2v) is 19.2. The molecule has 0 N–H and O–H groups in total. The van der Waals surface area contributed by atoms with Gasteiger partial charge in [0.2, 0.25) is 11.8 Å². The van der Waals surface area contributed by atoms with Crippen molar-refractivity contribution < 1.29 is 28.7 Å². The number of aromatic nitrogens is 3. The number of carbonyl (C=O) groups is 4. The van der Waals surface area contributed by atoms with Crippen molar-refractivity contribution >= 4 is 45.6 Å². The maximum atomic E-state index is 14.7. The van der Waals surface area contributed by atoms with Gasteiger partial charge in [-0.15, -0.1) is 0 Å². The van der Waals surface area contributed by atoms with Crippen LogP contribution in [0.25, 0.3) is 21.8 Å². The van der Waals surface area contributed by atoms with Gasteiger partial charge in [-0.1, -0.05) is 48.5 Å². The number of likely N-dealkylation sites (tertiary alicyclic amines) is 1. The lowest BCUT2D eigenvalue weighted by atomic mass is 9.88. The van der Waals surface area contributed by atoms with E-state index in [0.717, 1.165) is 77.6 Å². The van der Waals surface area contributed by atoms with Gasteiger partial charge in [0.1, 0.15) is 0 Å². The third-order valence-electron chi connectivity index (χ3n) is 14.8. The second kappa shape index (κ2) is 19.5. The molecule has 6 aromatic rings. The van der Waals surface area contributed by atoms with Crippen LogP contribution in [0, 0.1) is 12.8 Å². The summed E-state index contributed by atoms with van der Waals surface area (Å²) in [6.45, 7) is 7.64. The predicted octanol–water partition coefficient (Wildman–Crippen LogP) is 6.39. The zero-order chi connectivity index (χ0) is 46.9. The minimum absolute atomic E-state index is 0.000580. The zero-order valence-corrected chi connectivity index (χ0v) is 39.0. The maximum Gasteiger partial charge on any atom is 0.339 e. The molecule has 15 rings (SSSR count). The van der Waals surface area contributed by atoms with Crippen LogP contribution in [0.3, 0.4) is 0 Å². The van der Waals surface area contributed by atoms with Crippen LogP contribution in [0.15, 0.2) is 102 Å². The molecule has 0 aliphatic carbocycles. The molecule has 3 fully saturated rings. The number of ether oxygens (including phenoxy) is 2. The third kappa shape index (κ3) is 9.57. The highest BCUT2D eigenvalue weighted by Crippen LogP contribution is 2.31. The van der Waals surface area contributed by atoms with Crippen LogP contribution in [0.2, 0.25) is 0 Å². The minimum atomic E-state index is -0.577. The summed E-state index contributed by atoms with van der Waals surface area (Å²) in [6.07, 6.45) is 6.23. The molecule has 4 aromatic carbocycles. The molecule has 9 aliphatic heterocycles. The van der Waals surface area contributed by atoms with Gasteiger partial charge in [0, 0.05) is 62.7 Å². The van der Waals surface area contributed by atoms with Gasteiger partial charge in [0.15, 0.2) is 13.5 Å². The van der Waals surface area contributed by atoms with E-state index in [4.69, 9.17) is 9.47 Å². The van der Waals surface area contributed by atoms with Crippen LogP contribution in [0.5, 0.6) is 0 Å². The molecule has 0 unspecified atom stereocenters. The van der Waals surface area contributed by atoms with Crippen LogP contribution in [0.1, 0.15) is 86.6 Å². The van der Waals surface area contributed by atoms with E-state index < -0.39 is 17.9 Å². The predicted molar refractivity (Wildman–Crippen MR) is 258 cm³/mol. The summed E-state index contributed by atoms with van der Waals surface area (Å²) in [4.78, 5) is 78.7. The molecule has 0 spiro atoms. The first-order valence-electron chi connectivity index (χ1n) is 24.1. The van der Waals surface area contributed by atoms with E-state index in [1.165, 1.54) is 4.57 Å². The Morgan fingerprint density at radius 2 is 1.31 bits per heavy atom. The van der Waals surface area contributed by atoms with E-state index in [0.29, 0.717) is 80.1 Å². The molecular weight excluding hydrogens is 859 g/mol. The number of para-hydroxylation sites is 1. The van der Waals surface area contributed by atoms with Gasteiger partial charge in [-0.25, -0.2) is 14.3 Å². The summed E-state index contributed by atoms with van der Waals surface area (Å²) in [7, 11) is 2.17. The topological polar surface area (TPSA) is 140 Å². The molecular formula is C54H59N7O7. The number of fused-ring (bicyclic) bond motifs is 2.